The highest BCUT2D eigenvalue weighted by atomic mass is 16.3. The molecule has 5 nitrogen and oxygen atoms in total. The molecular formula is C8H10N4O. The Kier molecular flexibility index (Phi) is 1.66. The summed E-state index contributed by atoms with van der Waals surface area (Å²) in [5.41, 5.74) is 8.10. The molecule has 0 aliphatic rings. The van der Waals surface area contributed by atoms with Gasteiger partial charge in [-0.05, 0) is 13.0 Å². The van der Waals surface area contributed by atoms with Crippen molar-refractivity contribution in [2.75, 3.05) is 5.73 Å². The Morgan fingerprint density at radius 3 is 3.00 bits per heavy atom. The highest BCUT2D eigenvalue weighted by Gasteiger charge is 2.08. The van der Waals surface area contributed by atoms with Crippen molar-refractivity contribution in [1.29, 1.82) is 0 Å². The van der Waals surface area contributed by atoms with Crippen LogP contribution in [0.15, 0.2) is 12.4 Å². The summed E-state index contributed by atoms with van der Waals surface area (Å²) in [4.78, 5) is 3.86. The fraction of sp³-hybridized carbons (Fsp3) is 0.250. The molecule has 0 bridgehead atoms. The van der Waals surface area contributed by atoms with Gasteiger partial charge in [-0.2, -0.15) is 5.10 Å². The van der Waals surface area contributed by atoms with Crippen molar-refractivity contribution in [1.82, 2.24) is 14.6 Å². The van der Waals surface area contributed by atoms with E-state index in [2.05, 4.69) is 10.1 Å². The first-order valence-electron chi connectivity index (χ1n) is 3.92. The molecule has 3 N–H and O–H groups in total. The van der Waals surface area contributed by atoms with Crippen LogP contribution in [0.5, 0.6) is 0 Å². The minimum atomic E-state index is -0.00532. The number of hydrogen-bond donors (Lipinski definition) is 2. The van der Waals surface area contributed by atoms with Gasteiger partial charge in [-0.3, -0.25) is 0 Å². The van der Waals surface area contributed by atoms with Gasteiger partial charge >= 0.3 is 0 Å². The Morgan fingerprint density at radius 1 is 1.62 bits per heavy atom. The van der Waals surface area contributed by atoms with Crippen LogP contribution in [-0.2, 0) is 6.61 Å². The van der Waals surface area contributed by atoms with Crippen LogP contribution in [0.4, 0.5) is 5.82 Å². The van der Waals surface area contributed by atoms with E-state index < -0.39 is 0 Å². The standard InChI is InChI=1S/C8H10N4O/c1-5-6(3-13)2-7-8(9)10-4-11-12(5)7/h2,4,13H,3H2,1H3,(H2,9,10,11). The van der Waals surface area contributed by atoms with Crippen molar-refractivity contribution in [2.24, 2.45) is 0 Å². The molecule has 2 rings (SSSR count). The van der Waals surface area contributed by atoms with Gasteiger partial charge in [0.15, 0.2) is 5.82 Å². The first-order chi connectivity index (χ1) is 6.24. The normalized spacial score (nSPS) is 10.9. The molecule has 0 unspecified atom stereocenters. The van der Waals surface area contributed by atoms with Crippen LogP contribution in [0, 0.1) is 6.92 Å². The largest absolute Gasteiger partial charge is 0.392 e. The van der Waals surface area contributed by atoms with E-state index in [1.807, 2.05) is 6.92 Å². The second-order valence-electron chi connectivity index (χ2n) is 2.86. The van der Waals surface area contributed by atoms with E-state index in [9.17, 15) is 0 Å². The average molecular weight is 178 g/mol. The molecule has 0 spiro atoms. The maximum Gasteiger partial charge on any atom is 0.151 e. The molecule has 5 heteroatoms. The van der Waals surface area contributed by atoms with Gasteiger partial charge in [0.2, 0.25) is 0 Å². The van der Waals surface area contributed by atoms with Gasteiger partial charge in [0.25, 0.3) is 0 Å². The van der Waals surface area contributed by atoms with Crippen molar-refractivity contribution in [3.63, 3.8) is 0 Å². The van der Waals surface area contributed by atoms with Crippen LogP contribution in [0.1, 0.15) is 11.3 Å². The Balaban J connectivity index is 2.83. The number of nitrogens with zero attached hydrogens (tertiary/aromatic N) is 3. The van der Waals surface area contributed by atoms with Crippen molar-refractivity contribution in [2.45, 2.75) is 13.5 Å². The zero-order chi connectivity index (χ0) is 9.42. The Morgan fingerprint density at radius 2 is 2.38 bits per heavy atom. The highest BCUT2D eigenvalue weighted by Crippen LogP contribution is 2.17. The summed E-state index contributed by atoms with van der Waals surface area (Å²) < 4.78 is 1.67. The lowest BCUT2D eigenvalue weighted by Gasteiger charge is -1.97. The molecule has 2 aromatic heterocycles. The maximum absolute atomic E-state index is 9.01. The van der Waals surface area contributed by atoms with Crippen LogP contribution >= 0.6 is 0 Å². The number of fused-ring (bicyclic) bond motifs is 1. The summed E-state index contributed by atoms with van der Waals surface area (Å²) in [7, 11) is 0. The van der Waals surface area contributed by atoms with E-state index >= 15 is 0 Å². The van der Waals surface area contributed by atoms with Gasteiger partial charge in [-0.25, -0.2) is 9.50 Å². The van der Waals surface area contributed by atoms with Crippen LogP contribution in [0.2, 0.25) is 0 Å². The fourth-order valence-electron chi connectivity index (χ4n) is 1.34. The van der Waals surface area contributed by atoms with E-state index in [0.717, 1.165) is 16.8 Å². The number of hydrogen-bond acceptors (Lipinski definition) is 4. The minimum absolute atomic E-state index is 0.00532. The molecule has 0 amide bonds. The van der Waals surface area contributed by atoms with Crippen molar-refractivity contribution >= 4 is 11.3 Å². The van der Waals surface area contributed by atoms with E-state index in [1.165, 1.54) is 6.33 Å². The quantitative estimate of drug-likeness (QED) is 0.650. The molecule has 0 aliphatic heterocycles. The van der Waals surface area contributed by atoms with Crippen molar-refractivity contribution < 1.29 is 5.11 Å². The molecule has 2 aromatic rings. The van der Waals surface area contributed by atoms with E-state index in [0.29, 0.717) is 5.82 Å². The lowest BCUT2D eigenvalue weighted by atomic mass is 10.3. The second-order valence-corrected chi connectivity index (χ2v) is 2.86. The molecule has 0 aliphatic carbocycles. The lowest BCUT2D eigenvalue weighted by molar-refractivity contribution is 0.281. The van der Waals surface area contributed by atoms with Crippen LogP contribution < -0.4 is 5.73 Å². The SMILES string of the molecule is Cc1c(CO)cc2c(N)ncnn12. The summed E-state index contributed by atoms with van der Waals surface area (Å²) in [6, 6.07) is 1.80. The number of rotatable bonds is 1. The molecule has 68 valence electrons. The summed E-state index contributed by atoms with van der Waals surface area (Å²) >= 11 is 0. The summed E-state index contributed by atoms with van der Waals surface area (Å²) in [6.45, 7) is 1.87. The third kappa shape index (κ3) is 1.05. The fourth-order valence-corrected chi connectivity index (χ4v) is 1.34. The van der Waals surface area contributed by atoms with Crippen molar-refractivity contribution in [3.8, 4) is 0 Å². The molecular weight excluding hydrogens is 168 g/mol. The number of nitrogens with two attached hydrogens (primary N) is 1. The summed E-state index contributed by atoms with van der Waals surface area (Å²) in [5.74, 6) is 0.429. The molecule has 0 fully saturated rings. The number of anilines is 1. The Bertz CT molecular complexity index is 449. The molecule has 0 aromatic carbocycles. The van der Waals surface area contributed by atoms with Crippen molar-refractivity contribution in [3.05, 3.63) is 23.7 Å². The van der Waals surface area contributed by atoms with Gasteiger partial charge < -0.3 is 10.8 Å². The monoisotopic (exact) mass is 178 g/mol. The van der Waals surface area contributed by atoms with Gasteiger partial charge in [-0.1, -0.05) is 0 Å². The maximum atomic E-state index is 9.01. The first-order valence-corrected chi connectivity index (χ1v) is 3.92. The van der Waals surface area contributed by atoms with Crippen LogP contribution in [0.25, 0.3) is 5.52 Å². The van der Waals surface area contributed by atoms with Gasteiger partial charge in [-0.15, -0.1) is 0 Å². The van der Waals surface area contributed by atoms with E-state index in [-0.39, 0.29) is 6.61 Å². The lowest BCUT2D eigenvalue weighted by Crippen LogP contribution is -1.99. The number of aromatic nitrogens is 3. The number of aliphatic hydroxyl groups is 1. The highest BCUT2D eigenvalue weighted by molar-refractivity contribution is 5.67. The zero-order valence-electron chi connectivity index (χ0n) is 7.23. The topological polar surface area (TPSA) is 76.4 Å². The van der Waals surface area contributed by atoms with Gasteiger partial charge in [0.05, 0.1) is 6.61 Å². The van der Waals surface area contributed by atoms with Crippen LogP contribution in [-0.4, -0.2) is 19.7 Å². The number of aryl methyl sites for hydroxylation is 1. The third-order valence-electron chi connectivity index (χ3n) is 2.12. The number of nitrogen functional groups attached to an aromatic ring is 1. The smallest absolute Gasteiger partial charge is 0.151 e. The first kappa shape index (κ1) is 8.00. The average Bonchev–Trinajstić information content (AvgIpc) is 2.45. The molecule has 13 heavy (non-hydrogen) atoms. The summed E-state index contributed by atoms with van der Waals surface area (Å²) in [6.07, 6.45) is 1.40. The second kappa shape index (κ2) is 2.70. The number of aliphatic hydroxyl groups excluding tert-OH is 1. The molecule has 0 atom stereocenters. The summed E-state index contributed by atoms with van der Waals surface area (Å²) in [5, 5.41) is 13.0. The predicted octanol–water partition coefficient (Wildman–Crippen LogP) is 0.112. The molecule has 0 saturated carbocycles. The predicted molar refractivity (Wildman–Crippen MR) is 48.1 cm³/mol. The Hall–Kier alpha value is -1.62. The van der Waals surface area contributed by atoms with Gasteiger partial charge in [0.1, 0.15) is 11.8 Å². The molecule has 0 saturated heterocycles. The molecule has 0 radical (unpaired) electrons. The van der Waals surface area contributed by atoms with E-state index in [4.69, 9.17) is 10.8 Å². The zero-order valence-corrected chi connectivity index (χ0v) is 7.23. The van der Waals surface area contributed by atoms with Gasteiger partial charge in [0, 0.05) is 11.3 Å². The Labute approximate surface area is 74.8 Å². The van der Waals surface area contributed by atoms with Crippen LogP contribution in [0.3, 0.4) is 0 Å². The van der Waals surface area contributed by atoms with E-state index in [1.54, 1.807) is 10.6 Å². The third-order valence-corrected chi connectivity index (χ3v) is 2.12. The molecule has 2 heterocycles. The minimum Gasteiger partial charge on any atom is -0.392 e.